The predicted molar refractivity (Wildman–Crippen MR) is 159 cm³/mol. The number of carbonyl (C=O) groups is 1. The number of nitrogens with one attached hydrogen (secondary N) is 2. The number of aryl methyl sites for hydroxylation is 1. The van der Waals surface area contributed by atoms with Gasteiger partial charge < -0.3 is 20.3 Å². The molecule has 0 radical (unpaired) electrons. The number of aromatic nitrogens is 1. The van der Waals surface area contributed by atoms with E-state index in [1.54, 1.807) is 12.1 Å². The van der Waals surface area contributed by atoms with Crippen LogP contribution in [-0.4, -0.2) is 46.6 Å². The molecule has 6 heteroatoms. The number of nitrogens with zero attached hydrogens (tertiary/aromatic N) is 1. The van der Waals surface area contributed by atoms with Gasteiger partial charge in [-0.1, -0.05) is 75.4 Å². The van der Waals surface area contributed by atoms with Gasteiger partial charge in [-0.2, -0.15) is 0 Å². The van der Waals surface area contributed by atoms with Crippen molar-refractivity contribution in [1.29, 1.82) is 0 Å². The summed E-state index contributed by atoms with van der Waals surface area (Å²) in [4.78, 5) is 30.0. The molecule has 0 unspecified atom stereocenters. The number of pyridine rings is 1. The fourth-order valence-electron chi connectivity index (χ4n) is 5.93. The number of aromatic amines is 1. The highest BCUT2D eigenvalue weighted by Gasteiger charge is 2.24. The number of hydrogen-bond donors (Lipinski definition) is 3. The predicted octanol–water partition coefficient (Wildman–Crippen LogP) is 6.28. The second-order valence-electron chi connectivity index (χ2n) is 11.2. The van der Waals surface area contributed by atoms with Crippen molar-refractivity contribution in [3.8, 4) is 5.75 Å². The van der Waals surface area contributed by atoms with E-state index in [9.17, 15) is 14.7 Å². The molecule has 1 fully saturated rings. The van der Waals surface area contributed by atoms with Gasteiger partial charge in [-0.15, -0.1) is 0 Å². The zero-order valence-electron chi connectivity index (χ0n) is 23.5. The molecule has 1 heterocycles. The lowest BCUT2D eigenvalue weighted by molar-refractivity contribution is -0.133. The van der Waals surface area contributed by atoms with Gasteiger partial charge in [-0.05, 0) is 61.3 Å². The number of rotatable bonds is 13. The second-order valence-corrected chi connectivity index (χ2v) is 11.2. The average Bonchev–Trinajstić information content (AvgIpc) is 3.24. The van der Waals surface area contributed by atoms with Gasteiger partial charge in [0, 0.05) is 43.5 Å². The summed E-state index contributed by atoms with van der Waals surface area (Å²) in [7, 11) is 0. The van der Waals surface area contributed by atoms with Crippen molar-refractivity contribution in [2.24, 2.45) is 0 Å². The molecule has 1 aromatic heterocycles. The first-order chi connectivity index (χ1) is 19.0. The van der Waals surface area contributed by atoms with Gasteiger partial charge in [0.2, 0.25) is 11.5 Å². The van der Waals surface area contributed by atoms with Crippen LogP contribution in [0.1, 0.15) is 88.2 Å². The lowest BCUT2D eigenvalue weighted by atomic mass is 10.0. The number of carbonyl (C=O) groups excluding carboxylic acids is 1. The maximum atomic E-state index is 13.4. The molecular formula is C33H45N3O3. The third-order valence-electron chi connectivity index (χ3n) is 8.23. The standard InChI is InChI=1S/C33H45N3O3/c1-25(26-12-6-4-7-13-26)24-34-22-21-32(39)36(28-15-9-2-3-10-16-28)23-11-5-8-14-27-17-19-30(37)33-29(27)18-20-31(38)35-33/h4,6-7,12-13,17-20,25,28,34,37H,2-3,5,8-11,14-16,21-24H2,1H3,(H,35,38)/t25-/m1/s1. The molecule has 210 valence electrons. The molecule has 4 rings (SSSR count). The number of phenolic OH excluding ortho intramolecular Hbond substituents is 1. The molecule has 39 heavy (non-hydrogen) atoms. The summed E-state index contributed by atoms with van der Waals surface area (Å²) in [5, 5.41) is 14.5. The van der Waals surface area contributed by atoms with Crippen molar-refractivity contribution in [1.82, 2.24) is 15.2 Å². The molecule has 0 bridgehead atoms. The third kappa shape index (κ3) is 8.43. The highest BCUT2D eigenvalue weighted by molar-refractivity contribution is 5.87. The van der Waals surface area contributed by atoms with E-state index < -0.39 is 0 Å². The number of unbranched alkanes of at least 4 members (excludes halogenated alkanes) is 2. The first kappa shape index (κ1) is 28.9. The van der Waals surface area contributed by atoms with E-state index in [0.717, 1.165) is 69.1 Å². The number of benzene rings is 2. The molecule has 0 saturated heterocycles. The SMILES string of the molecule is C[C@H](CNCCC(=O)N(CCCCCc1ccc(O)c2[nH]c(=O)ccc12)C1CCCCCC1)c1ccccc1. The zero-order chi connectivity index (χ0) is 27.5. The summed E-state index contributed by atoms with van der Waals surface area (Å²) in [6, 6.07) is 17.8. The summed E-state index contributed by atoms with van der Waals surface area (Å²) < 4.78 is 0. The number of H-pyrrole nitrogens is 1. The van der Waals surface area contributed by atoms with Gasteiger partial charge in [0.1, 0.15) is 5.75 Å². The van der Waals surface area contributed by atoms with Gasteiger partial charge in [0.25, 0.3) is 0 Å². The van der Waals surface area contributed by atoms with Crippen LogP contribution in [0.25, 0.3) is 10.9 Å². The highest BCUT2D eigenvalue weighted by Crippen LogP contribution is 2.26. The quantitative estimate of drug-likeness (QED) is 0.179. The molecule has 1 saturated carbocycles. The Labute approximate surface area is 232 Å². The Morgan fingerprint density at radius 1 is 1.00 bits per heavy atom. The van der Waals surface area contributed by atoms with Crippen molar-refractivity contribution in [3.63, 3.8) is 0 Å². The van der Waals surface area contributed by atoms with Crippen molar-refractivity contribution in [2.75, 3.05) is 19.6 Å². The van der Waals surface area contributed by atoms with Crippen molar-refractivity contribution >= 4 is 16.8 Å². The van der Waals surface area contributed by atoms with Crippen LogP contribution < -0.4 is 10.9 Å². The maximum absolute atomic E-state index is 13.4. The van der Waals surface area contributed by atoms with E-state index in [1.807, 2.05) is 12.1 Å². The minimum Gasteiger partial charge on any atom is -0.506 e. The van der Waals surface area contributed by atoms with Crippen LogP contribution in [0.15, 0.2) is 59.4 Å². The summed E-state index contributed by atoms with van der Waals surface area (Å²) in [6.07, 6.45) is 11.7. The van der Waals surface area contributed by atoms with Crippen LogP contribution in [0.2, 0.25) is 0 Å². The highest BCUT2D eigenvalue weighted by atomic mass is 16.3. The molecule has 1 amide bonds. The number of phenols is 1. The van der Waals surface area contributed by atoms with E-state index in [-0.39, 0.29) is 17.2 Å². The average molecular weight is 532 g/mol. The van der Waals surface area contributed by atoms with Crippen molar-refractivity contribution in [3.05, 3.63) is 76.1 Å². The Kier molecular flexibility index (Phi) is 11.0. The van der Waals surface area contributed by atoms with E-state index in [2.05, 4.69) is 46.4 Å². The van der Waals surface area contributed by atoms with Crippen LogP contribution in [0.4, 0.5) is 0 Å². The molecule has 1 aliphatic carbocycles. The first-order valence-electron chi connectivity index (χ1n) is 14.9. The first-order valence-corrected chi connectivity index (χ1v) is 14.9. The molecule has 1 atom stereocenters. The van der Waals surface area contributed by atoms with E-state index >= 15 is 0 Å². The number of fused-ring (bicyclic) bond motifs is 1. The zero-order valence-corrected chi connectivity index (χ0v) is 23.5. The van der Waals surface area contributed by atoms with E-state index in [4.69, 9.17) is 0 Å². The normalized spacial score (nSPS) is 15.2. The lowest BCUT2D eigenvalue weighted by Crippen LogP contribution is -2.42. The summed E-state index contributed by atoms with van der Waals surface area (Å²) >= 11 is 0. The van der Waals surface area contributed by atoms with Crippen LogP contribution in [0.3, 0.4) is 0 Å². The van der Waals surface area contributed by atoms with Crippen molar-refractivity contribution in [2.45, 2.75) is 89.5 Å². The summed E-state index contributed by atoms with van der Waals surface area (Å²) in [5.41, 5.74) is 2.76. The fourth-order valence-corrected chi connectivity index (χ4v) is 5.93. The van der Waals surface area contributed by atoms with E-state index in [1.165, 1.54) is 37.3 Å². The topological polar surface area (TPSA) is 85.4 Å². The van der Waals surface area contributed by atoms with Gasteiger partial charge >= 0.3 is 0 Å². The molecule has 3 N–H and O–H groups in total. The molecular weight excluding hydrogens is 486 g/mol. The van der Waals surface area contributed by atoms with Gasteiger partial charge in [-0.25, -0.2) is 0 Å². The maximum Gasteiger partial charge on any atom is 0.248 e. The lowest BCUT2D eigenvalue weighted by Gasteiger charge is -2.32. The Balaban J connectivity index is 1.26. The van der Waals surface area contributed by atoms with Gasteiger partial charge in [-0.3, -0.25) is 9.59 Å². The Morgan fingerprint density at radius 2 is 1.77 bits per heavy atom. The number of amides is 1. The molecule has 6 nitrogen and oxygen atoms in total. The minimum atomic E-state index is -0.209. The molecule has 2 aromatic carbocycles. The molecule has 0 spiro atoms. The summed E-state index contributed by atoms with van der Waals surface area (Å²) in [6.45, 7) is 4.64. The largest absolute Gasteiger partial charge is 0.506 e. The smallest absolute Gasteiger partial charge is 0.248 e. The van der Waals surface area contributed by atoms with Gasteiger partial charge in [0.05, 0.1) is 5.52 Å². The van der Waals surface area contributed by atoms with Crippen molar-refractivity contribution < 1.29 is 9.90 Å². The fraction of sp³-hybridized carbons (Fsp3) is 0.515. The third-order valence-corrected chi connectivity index (χ3v) is 8.23. The molecule has 3 aromatic rings. The Bertz CT molecular complexity index is 1230. The van der Waals surface area contributed by atoms with Crippen LogP contribution in [0.5, 0.6) is 5.75 Å². The second kappa shape index (κ2) is 14.9. The number of aromatic hydroxyl groups is 1. The summed E-state index contributed by atoms with van der Waals surface area (Å²) in [5.74, 6) is 0.813. The Hall–Kier alpha value is -3.12. The van der Waals surface area contributed by atoms with Gasteiger partial charge in [0.15, 0.2) is 0 Å². The number of hydrogen-bond acceptors (Lipinski definition) is 4. The monoisotopic (exact) mass is 531 g/mol. The van der Waals surface area contributed by atoms with E-state index in [0.29, 0.717) is 23.9 Å². The molecule has 1 aliphatic rings. The van der Waals surface area contributed by atoms with Crippen LogP contribution in [-0.2, 0) is 11.2 Å². The molecule has 0 aliphatic heterocycles. The Morgan fingerprint density at radius 3 is 2.54 bits per heavy atom. The minimum absolute atomic E-state index is 0.105. The van der Waals surface area contributed by atoms with Crippen LogP contribution in [0, 0.1) is 0 Å². The van der Waals surface area contributed by atoms with Crippen LogP contribution >= 0.6 is 0 Å².